The minimum atomic E-state index is -0.121. The second-order valence-corrected chi connectivity index (χ2v) is 7.44. The zero-order valence-corrected chi connectivity index (χ0v) is 16.3. The number of amides is 1. The van der Waals surface area contributed by atoms with Crippen LogP contribution in [0.3, 0.4) is 0 Å². The monoisotopic (exact) mass is 392 g/mol. The number of methoxy groups -OCH3 is 1. The van der Waals surface area contributed by atoms with Crippen LogP contribution in [0.25, 0.3) is 0 Å². The van der Waals surface area contributed by atoms with Crippen molar-refractivity contribution in [2.24, 2.45) is 5.92 Å². The van der Waals surface area contributed by atoms with Gasteiger partial charge in [0.1, 0.15) is 5.75 Å². The van der Waals surface area contributed by atoms with Crippen molar-refractivity contribution in [3.05, 3.63) is 57.6 Å². The molecule has 1 aliphatic rings. The van der Waals surface area contributed by atoms with E-state index in [1.54, 1.807) is 13.2 Å². The van der Waals surface area contributed by atoms with E-state index < -0.39 is 0 Å². The van der Waals surface area contributed by atoms with Gasteiger partial charge in [0.15, 0.2) is 0 Å². The van der Waals surface area contributed by atoms with E-state index in [1.807, 2.05) is 37.3 Å². The number of benzene rings is 2. The molecule has 1 saturated carbocycles. The fourth-order valence-electron chi connectivity index (χ4n) is 2.98. The molecule has 0 aliphatic heterocycles. The Hall–Kier alpha value is -1.75. The SMILES string of the molecule is COc1cc(Cl)c(C)cc1NC(=O)CN[C@@H](c1ccc(Cl)cc1)C1CC1. The molecule has 4 nitrogen and oxygen atoms in total. The van der Waals surface area contributed by atoms with Gasteiger partial charge in [0.25, 0.3) is 0 Å². The maximum Gasteiger partial charge on any atom is 0.238 e. The minimum Gasteiger partial charge on any atom is -0.495 e. The fraction of sp³-hybridized carbons (Fsp3) is 0.350. The number of hydrogen-bond acceptors (Lipinski definition) is 3. The van der Waals surface area contributed by atoms with Crippen LogP contribution >= 0.6 is 23.2 Å². The fourth-order valence-corrected chi connectivity index (χ4v) is 3.26. The number of rotatable bonds is 7. The Bertz CT molecular complexity index is 789. The number of nitrogens with one attached hydrogen (secondary N) is 2. The molecule has 6 heteroatoms. The van der Waals surface area contributed by atoms with Gasteiger partial charge < -0.3 is 15.4 Å². The predicted molar refractivity (Wildman–Crippen MR) is 106 cm³/mol. The Morgan fingerprint density at radius 2 is 1.92 bits per heavy atom. The van der Waals surface area contributed by atoms with E-state index in [4.69, 9.17) is 27.9 Å². The maximum atomic E-state index is 12.4. The van der Waals surface area contributed by atoms with Gasteiger partial charge in [-0.25, -0.2) is 0 Å². The third-order valence-corrected chi connectivity index (χ3v) is 5.22. The predicted octanol–water partition coefficient (Wildman–Crippen LogP) is 4.99. The van der Waals surface area contributed by atoms with Gasteiger partial charge in [0, 0.05) is 22.2 Å². The number of carbonyl (C=O) groups is 1. The first-order valence-corrected chi connectivity index (χ1v) is 9.36. The third-order valence-electron chi connectivity index (χ3n) is 4.56. The van der Waals surface area contributed by atoms with Crippen LogP contribution in [0.15, 0.2) is 36.4 Å². The van der Waals surface area contributed by atoms with Crippen LogP contribution in [0.2, 0.25) is 10.0 Å². The Kier molecular flexibility index (Phi) is 6.07. The lowest BCUT2D eigenvalue weighted by molar-refractivity contribution is -0.115. The molecule has 0 radical (unpaired) electrons. The van der Waals surface area contributed by atoms with Gasteiger partial charge in [0.2, 0.25) is 5.91 Å². The first kappa shape index (κ1) is 19.0. The molecule has 3 rings (SSSR count). The number of carbonyl (C=O) groups excluding carboxylic acids is 1. The van der Waals surface area contributed by atoms with E-state index in [0.29, 0.717) is 27.4 Å². The summed E-state index contributed by atoms with van der Waals surface area (Å²) in [6.07, 6.45) is 2.35. The summed E-state index contributed by atoms with van der Waals surface area (Å²) in [7, 11) is 1.55. The van der Waals surface area contributed by atoms with Gasteiger partial charge in [0.05, 0.1) is 19.3 Å². The van der Waals surface area contributed by atoms with Gasteiger partial charge in [-0.15, -0.1) is 0 Å². The van der Waals surface area contributed by atoms with Gasteiger partial charge in [-0.2, -0.15) is 0 Å². The molecule has 0 bridgehead atoms. The molecular formula is C20H22Cl2N2O2. The van der Waals surface area contributed by atoms with E-state index >= 15 is 0 Å². The van der Waals surface area contributed by atoms with Crippen molar-refractivity contribution in [1.82, 2.24) is 5.32 Å². The summed E-state index contributed by atoms with van der Waals surface area (Å²) in [6, 6.07) is 11.5. The highest BCUT2D eigenvalue weighted by molar-refractivity contribution is 6.31. The first-order chi connectivity index (χ1) is 12.5. The zero-order valence-electron chi connectivity index (χ0n) is 14.8. The van der Waals surface area contributed by atoms with Crippen molar-refractivity contribution in [3.8, 4) is 5.75 Å². The molecule has 0 unspecified atom stereocenters. The lowest BCUT2D eigenvalue weighted by atomic mass is 10.0. The zero-order chi connectivity index (χ0) is 18.7. The molecule has 0 heterocycles. The van der Waals surface area contributed by atoms with Gasteiger partial charge in [-0.3, -0.25) is 4.79 Å². The van der Waals surface area contributed by atoms with Crippen molar-refractivity contribution >= 4 is 34.8 Å². The van der Waals surface area contributed by atoms with E-state index in [-0.39, 0.29) is 18.5 Å². The van der Waals surface area contributed by atoms with Crippen LogP contribution in [0, 0.1) is 12.8 Å². The highest BCUT2D eigenvalue weighted by Gasteiger charge is 2.32. The summed E-state index contributed by atoms with van der Waals surface area (Å²) < 4.78 is 5.30. The van der Waals surface area contributed by atoms with Gasteiger partial charge in [-0.05, 0) is 55.0 Å². The van der Waals surface area contributed by atoms with Crippen molar-refractivity contribution in [2.45, 2.75) is 25.8 Å². The third kappa shape index (κ3) is 4.70. The Balaban J connectivity index is 1.64. The summed E-state index contributed by atoms with van der Waals surface area (Å²) in [5, 5.41) is 7.60. The van der Waals surface area contributed by atoms with E-state index in [1.165, 1.54) is 12.8 Å². The van der Waals surface area contributed by atoms with Crippen LogP contribution < -0.4 is 15.4 Å². The molecule has 2 N–H and O–H groups in total. The summed E-state index contributed by atoms with van der Waals surface area (Å²) in [5.74, 6) is 0.992. The molecule has 1 amide bonds. The highest BCUT2D eigenvalue weighted by Crippen LogP contribution is 2.41. The Labute approximate surface area is 163 Å². The largest absolute Gasteiger partial charge is 0.495 e. The van der Waals surface area contributed by atoms with Gasteiger partial charge in [-0.1, -0.05) is 35.3 Å². The molecule has 2 aromatic rings. The summed E-state index contributed by atoms with van der Waals surface area (Å²) in [6.45, 7) is 2.11. The quantitative estimate of drug-likeness (QED) is 0.697. The standard InChI is InChI=1S/C20H22Cl2N2O2/c1-12-9-17(18(26-2)10-16(12)22)24-19(25)11-23-20(13-3-4-13)14-5-7-15(21)8-6-14/h5-10,13,20,23H,3-4,11H2,1-2H3,(H,24,25)/t20-/m1/s1. The smallest absolute Gasteiger partial charge is 0.238 e. The molecule has 26 heavy (non-hydrogen) atoms. The number of aryl methyl sites for hydroxylation is 1. The molecule has 1 fully saturated rings. The molecule has 0 aromatic heterocycles. The van der Waals surface area contributed by atoms with Crippen LogP contribution in [0.1, 0.15) is 30.0 Å². The lowest BCUT2D eigenvalue weighted by Gasteiger charge is -2.19. The van der Waals surface area contributed by atoms with Crippen LogP contribution in [0.5, 0.6) is 5.75 Å². The lowest BCUT2D eigenvalue weighted by Crippen LogP contribution is -2.32. The van der Waals surface area contributed by atoms with Crippen LogP contribution in [-0.4, -0.2) is 19.6 Å². The van der Waals surface area contributed by atoms with Crippen molar-refractivity contribution < 1.29 is 9.53 Å². The first-order valence-electron chi connectivity index (χ1n) is 8.60. The van der Waals surface area contributed by atoms with E-state index in [2.05, 4.69) is 10.6 Å². The average molecular weight is 393 g/mol. The topological polar surface area (TPSA) is 50.4 Å². The van der Waals surface area contributed by atoms with E-state index in [0.717, 1.165) is 11.1 Å². The Morgan fingerprint density at radius 1 is 1.23 bits per heavy atom. The molecule has 1 atom stereocenters. The summed E-state index contributed by atoms with van der Waals surface area (Å²) in [4.78, 5) is 12.4. The highest BCUT2D eigenvalue weighted by atomic mass is 35.5. The van der Waals surface area contributed by atoms with E-state index in [9.17, 15) is 4.79 Å². The number of anilines is 1. The molecular weight excluding hydrogens is 371 g/mol. The van der Waals surface area contributed by atoms with Crippen LogP contribution in [0.4, 0.5) is 5.69 Å². The minimum absolute atomic E-state index is 0.121. The normalized spacial score (nSPS) is 14.8. The average Bonchev–Trinajstić information content (AvgIpc) is 3.44. The number of halogens is 2. The molecule has 0 spiro atoms. The number of ether oxygens (including phenoxy) is 1. The van der Waals surface area contributed by atoms with Crippen molar-refractivity contribution in [2.75, 3.05) is 19.0 Å². The molecule has 1 aliphatic carbocycles. The second kappa shape index (κ2) is 8.30. The molecule has 0 saturated heterocycles. The summed E-state index contributed by atoms with van der Waals surface area (Å²) in [5.41, 5.74) is 2.66. The second-order valence-electron chi connectivity index (χ2n) is 6.60. The van der Waals surface area contributed by atoms with Crippen LogP contribution in [-0.2, 0) is 4.79 Å². The Morgan fingerprint density at radius 3 is 2.54 bits per heavy atom. The van der Waals surface area contributed by atoms with Crippen molar-refractivity contribution in [1.29, 1.82) is 0 Å². The summed E-state index contributed by atoms with van der Waals surface area (Å²) >= 11 is 12.1. The van der Waals surface area contributed by atoms with Crippen molar-refractivity contribution in [3.63, 3.8) is 0 Å². The molecule has 2 aromatic carbocycles. The maximum absolute atomic E-state index is 12.4. The van der Waals surface area contributed by atoms with Gasteiger partial charge >= 0.3 is 0 Å². The molecule has 138 valence electrons. The number of hydrogen-bond donors (Lipinski definition) is 2.